The maximum Gasteiger partial charge on any atom is 0.353 e. The highest BCUT2D eigenvalue weighted by Gasteiger charge is 2.31. The third-order valence-corrected chi connectivity index (χ3v) is 3.58. The first-order valence-electron chi connectivity index (χ1n) is 6.62. The van der Waals surface area contributed by atoms with E-state index >= 15 is 0 Å². The summed E-state index contributed by atoms with van der Waals surface area (Å²) in [5.74, 6) is 0.642. The fourth-order valence-electron chi connectivity index (χ4n) is 2.37. The summed E-state index contributed by atoms with van der Waals surface area (Å²) in [6, 6.07) is 0. The highest BCUT2D eigenvalue weighted by atomic mass is 16.6. The molecule has 0 radical (unpaired) electrons. The van der Waals surface area contributed by atoms with Crippen LogP contribution in [0.1, 0.15) is 26.0 Å². The van der Waals surface area contributed by atoms with Crippen molar-refractivity contribution in [3.8, 4) is 5.88 Å². The van der Waals surface area contributed by atoms with Gasteiger partial charge in [-0.25, -0.2) is 4.68 Å². The Balaban J connectivity index is 2.28. The number of ether oxygens (including phenoxy) is 1. The maximum atomic E-state index is 11.2. The molecule has 0 amide bonds. The van der Waals surface area contributed by atoms with Crippen molar-refractivity contribution >= 4 is 5.69 Å². The minimum atomic E-state index is -0.401. The molecule has 19 heavy (non-hydrogen) atoms. The second-order valence-electron chi connectivity index (χ2n) is 4.96. The van der Waals surface area contributed by atoms with Gasteiger partial charge in [0, 0.05) is 13.6 Å². The molecule has 1 aliphatic heterocycles. The van der Waals surface area contributed by atoms with Crippen LogP contribution in [-0.4, -0.2) is 33.9 Å². The Morgan fingerprint density at radius 3 is 2.95 bits per heavy atom. The van der Waals surface area contributed by atoms with Gasteiger partial charge in [-0.3, -0.25) is 10.1 Å². The lowest BCUT2D eigenvalue weighted by atomic mass is 9.97. The van der Waals surface area contributed by atoms with Gasteiger partial charge in [-0.2, -0.15) is 5.10 Å². The largest absolute Gasteiger partial charge is 0.468 e. The number of nitrogens with one attached hydrogen (secondary N) is 1. The van der Waals surface area contributed by atoms with E-state index in [4.69, 9.17) is 4.74 Å². The first kappa shape index (κ1) is 13.8. The van der Waals surface area contributed by atoms with E-state index in [0.29, 0.717) is 24.6 Å². The summed E-state index contributed by atoms with van der Waals surface area (Å²) in [6.45, 7) is 5.64. The number of rotatable bonds is 4. The normalized spacial score (nSPS) is 23.3. The van der Waals surface area contributed by atoms with Crippen molar-refractivity contribution in [1.82, 2.24) is 15.1 Å². The third kappa shape index (κ3) is 2.70. The van der Waals surface area contributed by atoms with Crippen molar-refractivity contribution < 1.29 is 9.66 Å². The molecule has 106 valence electrons. The summed E-state index contributed by atoms with van der Waals surface area (Å²) in [6.07, 6.45) is 1.48. The zero-order chi connectivity index (χ0) is 14.0. The van der Waals surface area contributed by atoms with E-state index in [1.165, 1.54) is 4.68 Å². The van der Waals surface area contributed by atoms with E-state index in [0.717, 1.165) is 13.0 Å². The second kappa shape index (κ2) is 5.56. The van der Waals surface area contributed by atoms with E-state index in [-0.39, 0.29) is 17.7 Å². The van der Waals surface area contributed by atoms with Crippen molar-refractivity contribution in [1.29, 1.82) is 0 Å². The number of aromatic nitrogens is 2. The second-order valence-corrected chi connectivity index (χ2v) is 4.96. The summed E-state index contributed by atoms with van der Waals surface area (Å²) < 4.78 is 7.34. The molecule has 2 rings (SSSR count). The molecule has 7 heteroatoms. The minimum Gasteiger partial charge on any atom is -0.468 e. The minimum absolute atomic E-state index is 0.00257. The van der Waals surface area contributed by atoms with Crippen molar-refractivity contribution in [2.24, 2.45) is 13.0 Å². The van der Waals surface area contributed by atoms with Crippen LogP contribution < -0.4 is 10.1 Å². The van der Waals surface area contributed by atoms with Gasteiger partial charge in [-0.1, -0.05) is 13.8 Å². The predicted molar refractivity (Wildman–Crippen MR) is 70.3 cm³/mol. The van der Waals surface area contributed by atoms with E-state index in [2.05, 4.69) is 17.3 Å². The van der Waals surface area contributed by atoms with Gasteiger partial charge >= 0.3 is 5.69 Å². The van der Waals surface area contributed by atoms with Crippen molar-refractivity contribution in [3.05, 3.63) is 15.8 Å². The quantitative estimate of drug-likeness (QED) is 0.656. The molecular weight excluding hydrogens is 248 g/mol. The molecule has 1 fully saturated rings. The summed E-state index contributed by atoms with van der Waals surface area (Å²) in [7, 11) is 1.68. The molecule has 0 aromatic carbocycles. The van der Waals surface area contributed by atoms with Crippen LogP contribution in [0.3, 0.4) is 0 Å². The molecule has 0 saturated carbocycles. The van der Waals surface area contributed by atoms with Gasteiger partial charge in [-0.05, 0) is 25.3 Å². The predicted octanol–water partition coefficient (Wildman–Crippen LogP) is 1.27. The smallest absolute Gasteiger partial charge is 0.353 e. The monoisotopic (exact) mass is 268 g/mol. The number of nitro groups is 1. The number of aryl methyl sites for hydroxylation is 2. The van der Waals surface area contributed by atoms with Gasteiger partial charge in [-0.15, -0.1) is 0 Å². The molecule has 2 heterocycles. The molecule has 1 saturated heterocycles. The van der Waals surface area contributed by atoms with Gasteiger partial charge in [0.05, 0.1) is 4.92 Å². The third-order valence-electron chi connectivity index (χ3n) is 3.58. The molecule has 0 spiro atoms. The Morgan fingerprint density at radius 2 is 2.37 bits per heavy atom. The van der Waals surface area contributed by atoms with Crippen LogP contribution in [0.4, 0.5) is 5.69 Å². The highest BCUT2D eigenvalue weighted by molar-refractivity contribution is 5.46. The molecule has 2 atom stereocenters. The Hall–Kier alpha value is -1.63. The lowest BCUT2D eigenvalue weighted by Gasteiger charge is -2.29. The van der Waals surface area contributed by atoms with Crippen LogP contribution in [0.2, 0.25) is 0 Å². The molecule has 1 N–H and O–H groups in total. The Bertz CT molecular complexity index is 472. The van der Waals surface area contributed by atoms with E-state index in [1.54, 1.807) is 7.05 Å². The average Bonchev–Trinajstić information content (AvgIpc) is 2.69. The van der Waals surface area contributed by atoms with Crippen molar-refractivity contribution in [3.63, 3.8) is 0 Å². The van der Waals surface area contributed by atoms with Crippen molar-refractivity contribution in [2.45, 2.75) is 32.8 Å². The standard InChI is InChI=1S/C12H20N4O3/c1-4-9-11(16(17)18)12(15(3)14-9)19-10-7-13-6-5-8(10)2/h8,10,13H,4-7H2,1-3H3. The van der Waals surface area contributed by atoms with Gasteiger partial charge in [0.2, 0.25) is 0 Å². The lowest BCUT2D eigenvalue weighted by molar-refractivity contribution is -0.386. The Morgan fingerprint density at radius 1 is 1.63 bits per heavy atom. The molecule has 0 bridgehead atoms. The number of hydrogen-bond donors (Lipinski definition) is 1. The molecule has 1 aromatic heterocycles. The summed E-state index contributed by atoms with van der Waals surface area (Å²) in [4.78, 5) is 10.8. The SMILES string of the molecule is CCc1nn(C)c(OC2CNCCC2C)c1[N+](=O)[O-]. The van der Waals surface area contributed by atoms with Gasteiger partial charge in [0.15, 0.2) is 0 Å². The van der Waals surface area contributed by atoms with E-state index in [1.807, 2.05) is 6.92 Å². The number of piperidine rings is 1. The first-order valence-corrected chi connectivity index (χ1v) is 6.62. The molecule has 0 aliphatic carbocycles. The molecular formula is C12H20N4O3. The van der Waals surface area contributed by atoms with Crippen LogP contribution in [0.5, 0.6) is 5.88 Å². The average molecular weight is 268 g/mol. The summed E-state index contributed by atoms with van der Waals surface area (Å²) >= 11 is 0. The Kier molecular flexibility index (Phi) is 4.04. The lowest BCUT2D eigenvalue weighted by Crippen LogP contribution is -2.43. The van der Waals surface area contributed by atoms with E-state index < -0.39 is 4.92 Å². The first-order chi connectivity index (χ1) is 9.04. The van der Waals surface area contributed by atoms with Gasteiger partial charge in [0.25, 0.3) is 5.88 Å². The van der Waals surface area contributed by atoms with Gasteiger partial charge < -0.3 is 10.1 Å². The molecule has 2 unspecified atom stereocenters. The number of nitrogens with zero attached hydrogens (tertiary/aromatic N) is 3. The van der Waals surface area contributed by atoms with Crippen LogP contribution in [-0.2, 0) is 13.5 Å². The van der Waals surface area contributed by atoms with Crippen LogP contribution in [0, 0.1) is 16.0 Å². The van der Waals surface area contributed by atoms with E-state index in [9.17, 15) is 10.1 Å². The highest BCUT2D eigenvalue weighted by Crippen LogP contribution is 2.32. The maximum absolute atomic E-state index is 11.2. The number of hydrogen-bond acceptors (Lipinski definition) is 5. The summed E-state index contributed by atoms with van der Waals surface area (Å²) in [5.41, 5.74) is 0.474. The van der Waals surface area contributed by atoms with Crippen LogP contribution in [0.15, 0.2) is 0 Å². The fraction of sp³-hybridized carbons (Fsp3) is 0.750. The van der Waals surface area contributed by atoms with Crippen LogP contribution >= 0.6 is 0 Å². The Labute approximate surface area is 112 Å². The zero-order valence-electron chi connectivity index (χ0n) is 11.5. The summed E-state index contributed by atoms with van der Waals surface area (Å²) in [5, 5.41) is 18.6. The van der Waals surface area contributed by atoms with Gasteiger partial charge in [0.1, 0.15) is 11.8 Å². The fourth-order valence-corrected chi connectivity index (χ4v) is 2.37. The topological polar surface area (TPSA) is 82.2 Å². The van der Waals surface area contributed by atoms with Crippen molar-refractivity contribution in [2.75, 3.05) is 13.1 Å². The molecule has 1 aliphatic rings. The van der Waals surface area contributed by atoms with Crippen LogP contribution in [0.25, 0.3) is 0 Å². The molecule has 7 nitrogen and oxygen atoms in total. The zero-order valence-corrected chi connectivity index (χ0v) is 11.5. The molecule has 1 aromatic rings.